The van der Waals surface area contributed by atoms with E-state index in [0.717, 1.165) is 32.0 Å². The summed E-state index contributed by atoms with van der Waals surface area (Å²) in [6.45, 7) is 3.81. The number of hydrogen-bond donors (Lipinski definition) is 1. The fourth-order valence-electron chi connectivity index (χ4n) is 4.53. The van der Waals surface area contributed by atoms with E-state index in [1.54, 1.807) is 18.5 Å². The largest absolute Gasteiger partial charge is 0.507 e. The maximum atomic E-state index is 16.0. The van der Waals surface area contributed by atoms with Gasteiger partial charge in [0.25, 0.3) is 0 Å². The van der Waals surface area contributed by atoms with Crippen molar-refractivity contribution in [3.63, 3.8) is 0 Å². The van der Waals surface area contributed by atoms with Crippen molar-refractivity contribution in [1.82, 2.24) is 19.9 Å². The number of aromatic nitrogens is 4. The molecule has 5 rings (SSSR count). The van der Waals surface area contributed by atoms with Crippen LogP contribution in [-0.4, -0.2) is 44.7 Å². The number of benzene rings is 2. The van der Waals surface area contributed by atoms with Crippen molar-refractivity contribution in [2.45, 2.75) is 26.2 Å². The lowest BCUT2D eigenvalue weighted by atomic mass is 9.98. The highest BCUT2D eigenvalue weighted by molar-refractivity contribution is 6.34. The molecule has 10 heteroatoms. The molecule has 36 heavy (non-hydrogen) atoms. The van der Waals surface area contributed by atoms with E-state index in [1.165, 1.54) is 18.2 Å². The van der Waals surface area contributed by atoms with E-state index in [1.807, 2.05) is 0 Å². The van der Waals surface area contributed by atoms with Gasteiger partial charge in [-0.2, -0.15) is 9.97 Å². The van der Waals surface area contributed by atoms with Gasteiger partial charge in [-0.3, -0.25) is 0 Å². The molecule has 0 radical (unpaired) electrons. The number of nitrogens with zero attached hydrogens (tertiary/aromatic N) is 5. The Morgan fingerprint density at radius 1 is 1.14 bits per heavy atom. The summed E-state index contributed by atoms with van der Waals surface area (Å²) in [5.41, 5.74) is -0.649. The number of anilines is 1. The van der Waals surface area contributed by atoms with Gasteiger partial charge in [0.2, 0.25) is 0 Å². The minimum atomic E-state index is -0.858. The molecule has 2 aromatic heterocycles. The van der Waals surface area contributed by atoms with Crippen molar-refractivity contribution in [2.24, 2.45) is 5.92 Å². The highest BCUT2D eigenvalue weighted by atomic mass is 35.5. The first-order valence-corrected chi connectivity index (χ1v) is 12.1. The smallest absolute Gasteiger partial charge is 0.319 e. The molecular formula is C26H24ClF2N5O2. The summed E-state index contributed by atoms with van der Waals surface area (Å²) in [5, 5.41) is 10.6. The van der Waals surface area contributed by atoms with E-state index in [0.29, 0.717) is 29.4 Å². The molecule has 3 heterocycles. The molecule has 7 nitrogen and oxygen atoms in total. The molecule has 4 aromatic rings. The third kappa shape index (κ3) is 4.75. The second-order valence-corrected chi connectivity index (χ2v) is 9.27. The van der Waals surface area contributed by atoms with E-state index in [9.17, 15) is 9.50 Å². The van der Waals surface area contributed by atoms with Crippen LogP contribution in [0.3, 0.4) is 0 Å². The molecule has 0 amide bonds. The van der Waals surface area contributed by atoms with Crippen LogP contribution in [0.1, 0.15) is 25.6 Å². The number of phenols is 1. The van der Waals surface area contributed by atoms with Crippen LogP contribution in [0.25, 0.3) is 22.0 Å². The van der Waals surface area contributed by atoms with Gasteiger partial charge in [-0.15, -0.1) is 0 Å². The molecular weight excluding hydrogens is 488 g/mol. The van der Waals surface area contributed by atoms with E-state index in [-0.39, 0.29) is 34.3 Å². The number of rotatable bonds is 6. The van der Waals surface area contributed by atoms with Gasteiger partial charge in [0, 0.05) is 42.9 Å². The summed E-state index contributed by atoms with van der Waals surface area (Å²) in [7, 11) is 0. The van der Waals surface area contributed by atoms with Gasteiger partial charge >= 0.3 is 6.01 Å². The molecule has 1 atom stereocenters. The molecule has 0 spiro atoms. The van der Waals surface area contributed by atoms with Crippen molar-refractivity contribution in [1.29, 1.82) is 0 Å². The molecule has 1 aliphatic rings. The van der Waals surface area contributed by atoms with E-state index in [4.69, 9.17) is 16.3 Å². The van der Waals surface area contributed by atoms with Gasteiger partial charge < -0.3 is 14.7 Å². The van der Waals surface area contributed by atoms with Gasteiger partial charge in [-0.25, -0.2) is 18.7 Å². The molecule has 2 aromatic carbocycles. The van der Waals surface area contributed by atoms with Crippen LogP contribution >= 0.6 is 11.6 Å². The maximum absolute atomic E-state index is 16.0. The molecule has 0 aliphatic carbocycles. The standard InChI is InChI=1S/C26H24ClF2N5O2/c1-15-5-3-11-34(14-15)25-16-13-17(27)21(22-18(28)6-2-7-19(22)35)23(29)24(16)32-26(33-25)36-12-8-20-30-9-4-10-31-20/h2,4,6-7,9-10,13,15,35H,3,5,8,11-12,14H2,1H3/t15-/m1/s1. The number of piperidine rings is 1. The van der Waals surface area contributed by atoms with Crippen LogP contribution in [0.2, 0.25) is 5.02 Å². The normalized spacial score (nSPS) is 15.9. The second kappa shape index (κ2) is 10.2. The zero-order valence-corrected chi connectivity index (χ0v) is 20.3. The van der Waals surface area contributed by atoms with Crippen LogP contribution in [0.4, 0.5) is 14.6 Å². The Labute approximate surface area is 211 Å². The summed E-state index contributed by atoms with van der Waals surface area (Å²) in [5.74, 6) is -0.551. The van der Waals surface area contributed by atoms with Gasteiger partial charge in [-0.1, -0.05) is 24.6 Å². The molecule has 186 valence electrons. The summed E-state index contributed by atoms with van der Waals surface area (Å²) < 4.78 is 36.5. The lowest BCUT2D eigenvalue weighted by Gasteiger charge is -2.32. The first kappa shape index (κ1) is 24.1. The second-order valence-electron chi connectivity index (χ2n) is 8.86. The Balaban J connectivity index is 1.62. The molecule has 1 fully saturated rings. The Bertz CT molecular complexity index is 1390. The van der Waals surface area contributed by atoms with Crippen LogP contribution in [0, 0.1) is 17.6 Å². The summed E-state index contributed by atoms with van der Waals surface area (Å²) in [6, 6.07) is 6.98. The highest BCUT2D eigenvalue weighted by Crippen LogP contribution is 2.43. The lowest BCUT2D eigenvalue weighted by Crippen LogP contribution is -2.35. The first-order valence-electron chi connectivity index (χ1n) is 11.7. The zero-order chi connectivity index (χ0) is 25.2. The number of aromatic hydroxyl groups is 1. The number of halogens is 3. The lowest BCUT2D eigenvalue weighted by molar-refractivity contribution is 0.294. The summed E-state index contributed by atoms with van der Waals surface area (Å²) >= 11 is 6.48. The minimum absolute atomic E-state index is 0.0171. The quantitative estimate of drug-likeness (QED) is 0.361. The zero-order valence-electron chi connectivity index (χ0n) is 19.6. The van der Waals surface area contributed by atoms with E-state index >= 15 is 4.39 Å². The van der Waals surface area contributed by atoms with Crippen molar-refractivity contribution >= 4 is 28.3 Å². The van der Waals surface area contributed by atoms with Gasteiger partial charge in [-0.05, 0) is 43.0 Å². The SMILES string of the molecule is C[C@@H]1CCCN(c2nc(OCCc3ncccn3)nc3c(F)c(-c4c(O)cccc4F)c(Cl)cc23)C1. The monoisotopic (exact) mass is 511 g/mol. The van der Waals surface area contributed by atoms with E-state index < -0.39 is 17.4 Å². The van der Waals surface area contributed by atoms with Crippen molar-refractivity contribution in [3.05, 3.63) is 65.2 Å². The van der Waals surface area contributed by atoms with Gasteiger partial charge in [0.15, 0.2) is 5.82 Å². The summed E-state index contributed by atoms with van der Waals surface area (Å²) in [4.78, 5) is 19.4. The molecule has 1 saturated heterocycles. The van der Waals surface area contributed by atoms with Crippen LogP contribution in [-0.2, 0) is 6.42 Å². The first-order chi connectivity index (χ1) is 17.4. The van der Waals surface area contributed by atoms with Crippen LogP contribution in [0.5, 0.6) is 11.8 Å². The maximum Gasteiger partial charge on any atom is 0.319 e. The van der Waals surface area contributed by atoms with Crippen LogP contribution in [0.15, 0.2) is 42.7 Å². The molecule has 0 saturated carbocycles. The van der Waals surface area contributed by atoms with Crippen molar-refractivity contribution in [2.75, 3.05) is 24.6 Å². The minimum Gasteiger partial charge on any atom is -0.507 e. The number of hydrogen-bond acceptors (Lipinski definition) is 7. The number of fused-ring (bicyclic) bond motifs is 1. The molecule has 0 unspecified atom stereocenters. The van der Waals surface area contributed by atoms with Gasteiger partial charge in [0.05, 0.1) is 17.2 Å². The highest BCUT2D eigenvalue weighted by Gasteiger charge is 2.27. The average Bonchev–Trinajstić information content (AvgIpc) is 2.86. The number of phenolic OH excluding ortho intramolecular Hbond substituents is 1. The third-order valence-electron chi connectivity index (χ3n) is 6.22. The summed E-state index contributed by atoms with van der Waals surface area (Å²) in [6.07, 6.45) is 5.75. The Morgan fingerprint density at radius 3 is 2.69 bits per heavy atom. The Morgan fingerprint density at radius 2 is 1.94 bits per heavy atom. The molecule has 0 bridgehead atoms. The van der Waals surface area contributed by atoms with Gasteiger partial charge in [0.1, 0.15) is 28.7 Å². The fraction of sp³-hybridized carbons (Fsp3) is 0.308. The third-order valence-corrected chi connectivity index (χ3v) is 6.51. The Kier molecular flexibility index (Phi) is 6.82. The topological polar surface area (TPSA) is 84.3 Å². The number of ether oxygens (including phenoxy) is 1. The van der Waals surface area contributed by atoms with Crippen molar-refractivity contribution < 1.29 is 18.6 Å². The predicted molar refractivity (Wildman–Crippen MR) is 133 cm³/mol. The predicted octanol–water partition coefficient (Wildman–Crippen LogP) is 5.58. The Hall–Kier alpha value is -3.59. The molecule has 1 aliphatic heterocycles. The fourth-order valence-corrected chi connectivity index (χ4v) is 4.82. The van der Waals surface area contributed by atoms with E-state index in [2.05, 4.69) is 31.8 Å². The van der Waals surface area contributed by atoms with Crippen molar-refractivity contribution in [3.8, 4) is 22.9 Å². The van der Waals surface area contributed by atoms with Crippen LogP contribution < -0.4 is 9.64 Å². The average molecular weight is 512 g/mol. The molecule has 1 N–H and O–H groups in total.